The Kier molecular flexibility index (Phi) is 3.40. The molecule has 0 unspecified atom stereocenters. The Bertz CT molecular complexity index is 612. The lowest BCUT2D eigenvalue weighted by Gasteiger charge is -2.07. The largest absolute Gasteiger partial charge is 0.321 e. The summed E-state index contributed by atoms with van der Waals surface area (Å²) >= 11 is 0. The lowest BCUT2D eigenvalue weighted by Crippen LogP contribution is -2.12. The maximum absolute atomic E-state index is 11.9. The zero-order chi connectivity index (χ0) is 13.0. The van der Waals surface area contributed by atoms with Crippen LogP contribution in [0.4, 0.5) is 5.69 Å². The number of benzene rings is 2. The summed E-state index contributed by atoms with van der Waals surface area (Å²) in [5, 5.41) is 11.8. The first-order valence-corrected chi connectivity index (χ1v) is 5.58. The van der Waals surface area contributed by atoms with Crippen molar-refractivity contribution in [2.45, 2.75) is 6.92 Å². The monoisotopic (exact) mass is 236 g/mol. The van der Waals surface area contributed by atoms with Crippen molar-refractivity contribution in [2.24, 2.45) is 0 Å². The van der Waals surface area contributed by atoms with Crippen LogP contribution in [-0.2, 0) is 0 Å². The zero-order valence-electron chi connectivity index (χ0n) is 9.97. The molecular weight excluding hydrogens is 224 g/mol. The molecule has 0 aliphatic heterocycles. The number of carbonyl (C=O) groups is 1. The molecule has 1 amide bonds. The van der Waals surface area contributed by atoms with Gasteiger partial charge in [-0.15, -0.1) is 0 Å². The van der Waals surface area contributed by atoms with Crippen LogP contribution in [0, 0.1) is 18.3 Å². The van der Waals surface area contributed by atoms with Gasteiger partial charge in [0, 0.05) is 5.56 Å². The van der Waals surface area contributed by atoms with E-state index in [-0.39, 0.29) is 5.91 Å². The highest BCUT2D eigenvalue weighted by molar-refractivity contribution is 6.04. The predicted molar refractivity (Wildman–Crippen MR) is 70.3 cm³/mol. The van der Waals surface area contributed by atoms with Gasteiger partial charge in [0.2, 0.25) is 0 Å². The van der Waals surface area contributed by atoms with Crippen molar-refractivity contribution in [2.75, 3.05) is 5.32 Å². The highest BCUT2D eigenvalue weighted by Gasteiger charge is 2.08. The highest BCUT2D eigenvalue weighted by Crippen LogP contribution is 2.17. The van der Waals surface area contributed by atoms with E-state index < -0.39 is 0 Å². The Morgan fingerprint density at radius 2 is 1.89 bits per heavy atom. The van der Waals surface area contributed by atoms with Gasteiger partial charge < -0.3 is 5.32 Å². The van der Waals surface area contributed by atoms with E-state index in [2.05, 4.69) is 11.4 Å². The quantitative estimate of drug-likeness (QED) is 0.870. The third-order valence-electron chi connectivity index (χ3n) is 2.58. The predicted octanol–water partition coefficient (Wildman–Crippen LogP) is 3.12. The maximum Gasteiger partial charge on any atom is 0.255 e. The first-order valence-electron chi connectivity index (χ1n) is 5.58. The lowest BCUT2D eigenvalue weighted by atomic mass is 10.1. The smallest absolute Gasteiger partial charge is 0.255 e. The van der Waals surface area contributed by atoms with Crippen LogP contribution in [0.2, 0.25) is 0 Å². The van der Waals surface area contributed by atoms with Crippen molar-refractivity contribution < 1.29 is 4.79 Å². The average molecular weight is 236 g/mol. The molecule has 2 aromatic rings. The second-order valence-electron chi connectivity index (χ2n) is 3.98. The second kappa shape index (κ2) is 5.15. The number of carbonyl (C=O) groups excluding carboxylic acids is 1. The van der Waals surface area contributed by atoms with E-state index in [0.29, 0.717) is 16.8 Å². The van der Waals surface area contributed by atoms with Crippen molar-refractivity contribution >= 4 is 11.6 Å². The molecule has 2 aromatic carbocycles. The fourth-order valence-electron chi connectivity index (χ4n) is 1.64. The first kappa shape index (κ1) is 11.9. The minimum atomic E-state index is -0.212. The van der Waals surface area contributed by atoms with Gasteiger partial charge >= 0.3 is 0 Å². The molecule has 0 spiro atoms. The zero-order valence-corrected chi connectivity index (χ0v) is 9.97. The topological polar surface area (TPSA) is 52.9 Å². The summed E-state index contributed by atoms with van der Waals surface area (Å²) in [6.07, 6.45) is 0. The Labute approximate surface area is 106 Å². The molecule has 0 aliphatic carbocycles. The van der Waals surface area contributed by atoms with E-state index in [0.717, 1.165) is 5.56 Å². The van der Waals surface area contributed by atoms with Crippen molar-refractivity contribution in [1.29, 1.82) is 5.26 Å². The fraction of sp³-hybridized carbons (Fsp3) is 0.0667. The fourth-order valence-corrected chi connectivity index (χ4v) is 1.64. The number of rotatable bonds is 2. The molecule has 0 radical (unpaired) electrons. The van der Waals surface area contributed by atoms with Crippen LogP contribution in [-0.4, -0.2) is 5.91 Å². The van der Waals surface area contributed by atoms with E-state index in [9.17, 15) is 4.79 Å². The average Bonchev–Trinajstić information content (AvgIpc) is 2.41. The molecule has 0 aromatic heterocycles. The molecule has 2 rings (SSSR count). The molecule has 1 N–H and O–H groups in total. The van der Waals surface area contributed by atoms with Gasteiger partial charge in [-0.2, -0.15) is 5.26 Å². The Morgan fingerprint density at radius 3 is 2.56 bits per heavy atom. The van der Waals surface area contributed by atoms with Gasteiger partial charge in [0.15, 0.2) is 0 Å². The minimum Gasteiger partial charge on any atom is -0.321 e. The standard InChI is InChI=1S/C15H12N2O/c1-11-7-8-14(13(9-11)10-16)17-15(18)12-5-3-2-4-6-12/h2-9H,1H3,(H,17,18). The van der Waals surface area contributed by atoms with Crippen LogP contribution in [0.15, 0.2) is 48.5 Å². The van der Waals surface area contributed by atoms with Crippen LogP contribution >= 0.6 is 0 Å². The molecule has 0 saturated carbocycles. The number of amides is 1. The third-order valence-corrected chi connectivity index (χ3v) is 2.58. The molecule has 0 saturated heterocycles. The van der Waals surface area contributed by atoms with Gasteiger partial charge in [-0.25, -0.2) is 0 Å². The number of nitrogens with zero attached hydrogens (tertiary/aromatic N) is 1. The SMILES string of the molecule is Cc1ccc(NC(=O)c2ccccc2)c(C#N)c1. The minimum absolute atomic E-state index is 0.212. The van der Waals surface area contributed by atoms with Crippen LogP contribution < -0.4 is 5.32 Å². The molecule has 0 heterocycles. The lowest BCUT2D eigenvalue weighted by molar-refractivity contribution is 0.102. The van der Waals surface area contributed by atoms with E-state index in [1.807, 2.05) is 19.1 Å². The number of hydrogen-bond acceptors (Lipinski definition) is 2. The summed E-state index contributed by atoms with van der Waals surface area (Å²) in [6.45, 7) is 1.91. The van der Waals surface area contributed by atoms with Gasteiger partial charge in [-0.1, -0.05) is 24.3 Å². The normalized spacial score (nSPS) is 9.56. The number of hydrogen-bond donors (Lipinski definition) is 1. The van der Waals surface area contributed by atoms with E-state index in [1.165, 1.54) is 0 Å². The van der Waals surface area contributed by atoms with Gasteiger partial charge in [0.25, 0.3) is 5.91 Å². The second-order valence-corrected chi connectivity index (χ2v) is 3.98. The maximum atomic E-state index is 11.9. The summed E-state index contributed by atoms with van der Waals surface area (Å²) in [5.74, 6) is -0.212. The van der Waals surface area contributed by atoms with Crippen LogP contribution in [0.5, 0.6) is 0 Å². The van der Waals surface area contributed by atoms with Crippen molar-refractivity contribution in [3.63, 3.8) is 0 Å². The summed E-state index contributed by atoms with van der Waals surface area (Å²) < 4.78 is 0. The number of nitriles is 1. The molecule has 0 fully saturated rings. The first-order chi connectivity index (χ1) is 8.70. The number of aryl methyl sites for hydroxylation is 1. The molecule has 3 heteroatoms. The van der Waals surface area contributed by atoms with Gasteiger partial charge in [-0.05, 0) is 36.8 Å². The van der Waals surface area contributed by atoms with E-state index >= 15 is 0 Å². The van der Waals surface area contributed by atoms with Gasteiger partial charge in [-0.3, -0.25) is 4.79 Å². The molecular formula is C15H12N2O. The van der Waals surface area contributed by atoms with Crippen LogP contribution in [0.3, 0.4) is 0 Å². The van der Waals surface area contributed by atoms with Crippen LogP contribution in [0.1, 0.15) is 21.5 Å². The molecule has 0 bridgehead atoms. The molecule has 88 valence electrons. The summed E-state index contributed by atoms with van der Waals surface area (Å²) in [4.78, 5) is 11.9. The van der Waals surface area contributed by atoms with Crippen molar-refractivity contribution in [3.8, 4) is 6.07 Å². The Balaban J connectivity index is 2.25. The molecule has 18 heavy (non-hydrogen) atoms. The van der Waals surface area contributed by atoms with Crippen LogP contribution in [0.25, 0.3) is 0 Å². The van der Waals surface area contributed by atoms with Gasteiger partial charge in [0.1, 0.15) is 6.07 Å². The van der Waals surface area contributed by atoms with Crippen molar-refractivity contribution in [3.05, 3.63) is 65.2 Å². The van der Waals surface area contributed by atoms with E-state index in [4.69, 9.17) is 5.26 Å². The summed E-state index contributed by atoms with van der Waals surface area (Å²) in [5.41, 5.74) is 2.57. The molecule has 0 aliphatic rings. The Hall–Kier alpha value is -2.60. The Morgan fingerprint density at radius 1 is 1.17 bits per heavy atom. The molecule has 3 nitrogen and oxygen atoms in total. The third kappa shape index (κ3) is 2.55. The van der Waals surface area contributed by atoms with Gasteiger partial charge in [0.05, 0.1) is 11.3 Å². The highest BCUT2D eigenvalue weighted by atomic mass is 16.1. The number of anilines is 1. The summed E-state index contributed by atoms with van der Waals surface area (Å²) in [6, 6.07) is 16.4. The molecule has 0 atom stereocenters. The summed E-state index contributed by atoms with van der Waals surface area (Å²) in [7, 11) is 0. The van der Waals surface area contributed by atoms with Crippen molar-refractivity contribution in [1.82, 2.24) is 0 Å². The number of nitrogens with one attached hydrogen (secondary N) is 1. The van der Waals surface area contributed by atoms with E-state index in [1.54, 1.807) is 36.4 Å².